The van der Waals surface area contributed by atoms with Crippen LogP contribution < -0.4 is 5.32 Å². The van der Waals surface area contributed by atoms with Gasteiger partial charge in [-0.15, -0.1) is 22.7 Å². The summed E-state index contributed by atoms with van der Waals surface area (Å²) in [6, 6.07) is 3.60. The van der Waals surface area contributed by atoms with E-state index in [1.54, 1.807) is 13.0 Å². The summed E-state index contributed by atoms with van der Waals surface area (Å²) in [5.74, 6) is -2.52. The molecule has 2 aromatic heterocycles. The monoisotopic (exact) mass is 411 g/mol. The highest BCUT2D eigenvalue weighted by molar-refractivity contribution is 7.18. The molecule has 144 valence electrons. The second kappa shape index (κ2) is 9.28. The average molecular weight is 411 g/mol. The number of thiophene rings is 2. The predicted molar refractivity (Wildman–Crippen MR) is 99.3 cm³/mol. The molecule has 0 spiro atoms. The normalized spacial score (nSPS) is 10.2. The summed E-state index contributed by atoms with van der Waals surface area (Å²) >= 11 is 2.29. The lowest BCUT2D eigenvalue weighted by Crippen LogP contribution is -2.22. The minimum Gasteiger partial charge on any atom is -0.465 e. The summed E-state index contributed by atoms with van der Waals surface area (Å²) in [4.78, 5) is 48.7. The predicted octanol–water partition coefficient (Wildman–Crippen LogP) is 2.42. The maximum Gasteiger partial charge on any atom is 0.348 e. The summed E-state index contributed by atoms with van der Waals surface area (Å²) < 4.78 is 14.3. The molecular formula is C17H17NO7S2. The smallest absolute Gasteiger partial charge is 0.348 e. The molecule has 2 rings (SSSR count). The van der Waals surface area contributed by atoms with Gasteiger partial charge in [0, 0.05) is 4.88 Å². The van der Waals surface area contributed by atoms with Crippen molar-refractivity contribution < 1.29 is 33.4 Å². The molecule has 0 atom stereocenters. The van der Waals surface area contributed by atoms with Gasteiger partial charge in [0.15, 0.2) is 6.61 Å². The van der Waals surface area contributed by atoms with Crippen molar-refractivity contribution in [2.24, 2.45) is 0 Å². The van der Waals surface area contributed by atoms with Crippen LogP contribution in [0, 0.1) is 6.92 Å². The summed E-state index contributed by atoms with van der Waals surface area (Å²) in [6.45, 7) is 1.03. The van der Waals surface area contributed by atoms with Crippen LogP contribution in [-0.4, -0.2) is 44.6 Å². The van der Waals surface area contributed by atoms with E-state index in [4.69, 9.17) is 9.47 Å². The van der Waals surface area contributed by atoms with Gasteiger partial charge in [0.1, 0.15) is 9.88 Å². The molecule has 0 fully saturated rings. The van der Waals surface area contributed by atoms with Crippen molar-refractivity contribution in [2.75, 3.05) is 26.1 Å². The van der Waals surface area contributed by atoms with Crippen molar-refractivity contribution in [3.8, 4) is 0 Å². The van der Waals surface area contributed by atoms with E-state index in [1.165, 1.54) is 25.6 Å². The van der Waals surface area contributed by atoms with E-state index in [1.807, 2.05) is 11.4 Å². The molecular weight excluding hydrogens is 394 g/mol. The quantitative estimate of drug-likeness (QED) is 0.550. The Bertz CT molecular complexity index is 855. The molecule has 2 heterocycles. The van der Waals surface area contributed by atoms with Crippen molar-refractivity contribution in [1.29, 1.82) is 0 Å². The largest absolute Gasteiger partial charge is 0.465 e. The van der Waals surface area contributed by atoms with Gasteiger partial charge >= 0.3 is 17.9 Å². The molecule has 0 aliphatic carbocycles. The van der Waals surface area contributed by atoms with Gasteiger partial charge in [0.25, 0.3) is 5.91 Å². The number of esters is 3. The number of anilines is 1. The van der Waals surface area contributed by atoms with Crippen LogP contribution in [-0.2, 0) is 30.2 Å². The molecule has 0 aromatic carbocycles. The second-order valence-corrected chi connectivity index (χ2v) is 7.26. The maximum absolute atomic E-state index is 12.1. The minimum absolute atomic E-state index is 0.0566. The van der Waals surface area contributed by atoms with E-state index in [2.05, 4.69) is 10.1 Å². The number of hydrogen-bond acceptors (Lipinski definition) is 9. The zero-order valence-electron chi connectivity index (χ0n) is 14.8. The molecule has 0 saturated carbocycles. The number of nitrogens with one attached hydrogen (secondary N) is 1. The van der Waals surface area contributed by atoms with Crippen LogP contribution in [0.25, 0.3) is 0 Å². The molecule has 0 radical (unpaired) electrons. The third-order valence-corrected chi connectivity index (χ3v) is 5.49. The molecule has 10 heteroatoms. The molecule has 0 bridgehead atoms. The number of methoxy groups -OCH3 is 2. The van der Waals surface area contributed by atoms with Crippen molar-refractivity contribution in [3.05, 3.63) is 38.4 Å². The molecule has 0 unspecified atom stereocenters. The highest BCUT2D eigenvalue weighted by Gasteiger charge is 2.26. The molecule has 1 amide bonds. The van der Waals surface area contributed by atoms with Crippen molar-refractivity contribution in [3.63, 3.8) is 0 Å². The Hall–Kier alpha value is -2.72. The number of carbonyl (C=O) groups is 4. The van der Waals surface area contributed by atoms with Gasteiger partial charge in [-0.25, -0.2) is 9.59 Å². The van der Waals surface area contributed by atoms with E-state index >= 15 is 0 Å². The van der Waals surface area contributed by atoms with E-state index in [9.17, 15) is 19.2 Å². The molecule has 0 aliphatic heterocycles. The first-order valence-corrected chi connectivity index (χ1v) is 9.34. The van der Waals surface area contributed by atoms with Gasteiger partial charge in [-0.05, 0) is 23.9 Å². The zero-order valence-corrected chi connectivity index (χ0v) is 16.5. The summed E-state index contributed by atoms with van der Waals surface area (Å²) in [5, 5.41) is 4.44. The molecule has 27 heavy (non-hydrogen) atoms. The highest BCUT2D eigenvalue weighted by Crippen LogP contribution is 2.34. The zero-order chi connectivity index (χ0) is 20.0. The highest BCUT2D eigenvalue weighted by atomic mass is 32.1. The van der Waals surface area contributed by atoms with Crippen LogP contribution in [0.2, 0.25) is 0 Å². The van der Waals surface area contributed by atoms with Crippen LogP contribution >= 0.6 is 22.7 Å². The van der Waals surface area contributed by atoms with Crippen LogP contribution in [0.15, 0.2) is 17.5 Å². The van der Waals surface area contributed by atoms with Gasteiger partial charge in [0.2, 0.25) is 0 Å². The lowest BCUT2D eigenvalue weighted by molar-refractivity contribution is -0.146. The number of rotatable bonds is 7. The van der Waals surface area contributed by atoms with Crippen LogP contribution in [0.3, 0.4) is 0 Å². The molecule has 1 N–H and O–H groups in total. The van der Waals surface area contributed by atoms with E-state index < -0.39 is 30.4 Å². The van der Waals surface area contributed by atoms with E-state index in [0.717, 1.165) is 16.2 Å². The first-order valence-electron chi connectivity index (χ1n) is 7.65. The Morgan fingerprint density at radius 2 is 1.81 bits per heavy atom. The lowest BCUT2D eigenvalue weighted by Gasteiger charge is -2.07. The standard InChI is InChI=1S/C17H17NO7S2/c1-9-13(16(21)23-2)15(27-14(9)17(22)24-3)18-11(19)8-25-12(20)7-10-5-4-6-26-10/h4-6H,7-8H2,1-3H3,(H,18,19). The first kappa shape index (κ1) is 20.6. The Morgan fingerprint density at radius 1 is 1.11 bits per heavy atom. The van der Waals surface area contributed by atoms with Crippen molar-refractivity contribution in [1.82, 2.24) is 0 Å². The molecule has 8 nitrogen and oxygen atoms in total. The molecule has 2 aromatic rings. The van der Waals surface area contributed by atoms with Crippen LogP contribution in [0.4, 0.5) is 5.00 Å². The number of carbonyl (C=O) groups excluding carboxylic acids is 4. The number of amides is 1. The first-order chi connectivity index (χ1) is 12.9. The van der Waals surface area contributed by atoms with Gasteiger partial charge in [-0.2, -0.15) is 0 Å². The third kappa shape index (κ3) is 5.14. The van der Waals surface area contributed by atoms with Gasteiger partial charge in [-0.3, -0.25) is 9.59 Å². The topological polar surface area (TPSA) is 108 Å². The molecule has 0 aliphatic rings. The minimum atomic E-state index is -0.705. The van der Waals surface area contributed by atoms with Gasteiger partial charge < -0.3 is 19.5 Å². The molecule has 0 saturated heterocycles. The van der Waals surface area contributed by atoms with Crippen molar-refractivity contribution >= 4 is 51.5 Å². The van der Waals surface area contributed by atoms with E-state index in [0.29, 0.717) is 5.56 Å². The van der Waals surface area contributed by atoms with Crippen LogP contribution in [0.1, 0.15) is 30.5 Å². The fourth-order valence-electron chi connectivity index (χ4n) is 2.15. The summed E-state index contributed by atoms with van der Waals surface area (Å²) in [7, 11) is 2.40. The average Bonchev–Trinajstić information content (AvgIpc) is 3.26. The van der Waals surface area contributed by atoms with Gasteiger partial charge in [-0.1, -0.05) is 6.07 Å². The second-order valence-electron chi connectivity index (χ2n) is 5.21. The maximum atomic E-state index is 12.1. The fourth-order valence-corrected chi connectivity index (χ4v) is 3.97. The van der Waals surface area contributed by atoms with Crippen molar-refractivity contribution in [2.45, 2.75) is 13.3 Å². The Balaban J connectivity index is 2.06. The number of hydrogen-bond donors (Lipinski definition) is 1. The Labute approximate surface area is 163 Å². The number of ether oxygens (including phenoxy) is 3. The Morgan fingerprint density at radius 3 is 2.41 bits per heavy atom. The SMILES string of the molecule is COC(=O)c1sc(NC(=O)COC(=O)Cc2cccs2)c(C(=O)OC)c1C. The summed E-state index contributed by atoms with van der Waals surface area (Å²) in [5.41, 5.74) is 0.393. The summed E-state index contributed by atoms with van der Waals surface area (Å²) in [6.07, 6.45) is 0.0724. The lowest BCUT2D eigenvalue weighted by atomic mass is 10.1. The van der Waals surface area contributed by atoms with Gasteiger partial charge in [0.05, 0.1) is 26.2 Å². The Kier molecular flexibility index (Phi) is 7.08. The van der Waals surface area contributed by atoms with Crippen LogP contribution in [0.5, 0.6) is 0 Å². The van der Waals surface area contributed by atoms with E-state index in [-0.39, 0.29) is 21.9 Å². The third-order valence-electron chi connectivity index (χ3n) is 3.42. The fraction of sp³-hybridized carbons (Fsp3) is 0.294.